The summed E-state index contributed by atoms with van der Waals surface area (Å²) in [4.78, 5) is 0. The summed E-state index contributed by atoms with van der Waals surface area (Å²) in [5.41, 5.74) is 1.86. The summed E-state index contributed by atoms with van der Waals surface area (Å²) in [6.07, 6.45) is 2.21. The zero-order valence-corrected chi connectivity index (χ0v) is 8.59. The lowest BCUT2D eigenvalue weighted by Gasteiger charge is -2.38. The molecule has 0 bridgehead atoms. The molecule has 2 heterocycles. The molecule has 0 saturated carbocycles. The first-order chi connectivity index (χ1) is 7.34. The third-order valence-electron chi connectivity index (χ3n) is 3.54. The lowest BCUT2D eigenvalue weighted by atomic mass is 9.83. The third kappa shape index (κ3) is 1.51. The lowest BCUT2D eigenvalue weighted by Crippen LogP contribution is -2.48. The number of fused-ring (bicyclic) bond motifs is 2. The van der Waals surface area contributed by atoms with E-state index in [1.54, 1.807) is 6.07 Å². The summed E-state index contributed by atoms with van der Waals surface area (Å²) in [6, 6.07) is 5.77. The van der Waals surface area contributed by atoms with Gasteiger partial charge in [-0.25, -0.2) is 4.39 Å². The monoisotopic (exact) mass is 206 g/mol. The van der Waals surface area contributed by atoms with Crippen LogP contribution >= 0.6 is 0 Å². The van der Waals surface area contributed by atoms with Gasteiger partial charge in [-0.1, -0.05) is 12.1 Å². The van der Waals surface area contributed by atoms with Crippen LogP contribution in [0.15, 0.2) is 18.2 Å². The Morgan fingerprint density at radius 2 is 2.27 bits per heavy atom. The van der Waals surface area contributed by atoms with E-state index < -0.39 is 0 Å². The molecule has 2 unspecified atom stereocenters. The second kappa shape index (κ2) is 3.49. The molecule has 2 nitrogen and oxygen atoms in total. The first-order valence-electron chi connectivity index (χ1n) is 5.59. The first-order valence-corrected chi connectivity index (χ1v) is 5.59. The Hall–Kier alpha value is -1.09. The number of rotatable bonds is 0. The Balaban J connectivity index is 1.95. The van der Waals surface area contributed by atoms with Crippen LogP contribution in [0.2, 0.25) is 0 Å². The summed E-state index contributed by atoms with van der Waals surface area (Å²) < 4.78 is 13.5. The molecule has 15 heavy (non-hydrogen) atoms. The van der Waals surface area contributed by atoms with Crippen LogP contribution in [0.4, 0.5) is 10.1 Å². The molecule has 3 heteroatoms. The third-order valence-corrected chi connectivity index (χ3v) is 3.54. The molecule has 1 aromatic carbocycles. The molecule has 0 amide bonds. The molecule has 1 aromatic rings. The molecule has 0 spiro atoms. The average Bonchev–Trinajstić information content (AvgIpc) is 2.27. The van der Waals surface area contributed by atoms with Crippen LogP contribution in [-0.2, 0) is 6.42 Å². The quantitative estimate of drug-likeness (QED) is 0.676. The summed E-state index contributed by atoms with van der Waals surface area (Å²) in [5.74, 6) is 0.553. The zero-order valence-electron chi connectivity index (χ0n) is 8.59. The summed E-state index contributed by atoms with van der Waals surface area (Å²) in [6.45, 7) is 2.05. The summed E-state index contributed by atoms with van der Waals surface area (Å²) in [7, 11) is 0. The highest BCUT2D eigenvalue weighted by Gasteiger charge is 2.30. The van der Waals surface area contributed by atoms with Crippen LogP contribution in [0, 0.1) is 11.7 Å². The van der Waals surface area contributed by atoms with Crippen LogP contribution in [0.3, 0.4) is 0 Å². The second-order valence-corrected chi connectivity index (χ2v) is 4.48. The number of hydrogen-bond acceptors (Lipinski definition) is 2. The van der Waals surface area contributed by atoms with Crippen molar-refractivity contribution in [3.63, 3.8) is 0 Å². The normalized spacial score (nSPS) is 28.9. The molecular formula is C12H15FN2. The number of piperidine rings is 1. The highest BCUT2D eigenvalue weighted by atomic mass is 19.1. The number of nitrogens with one attached hydrogen (secondary N) is 2. The van der Waals surface area contributed by atoms with Crippen molar-refractivity contribution in [3.05, 3.63) is 29.6 Å². The van der Waals surface area contributed by atoms with E-state index in [9.17, 15) is 4.39 Å². The SMILES string of the molecule is Fc1cccc2c1NC1CNCCC1C2. The smallest absolute Gasteiger partial charge is 0.146 e. The Labute approximate surface area is 88.9 Å². The van der Waals surface area contributed by atoms with Crippen LogP contribution < -0.4 is 10.6 Å². The minimum absolute atomic E-state index is 0.114. The van der Waals surface area contributed by atoms with Crippen LogP contribution in [0.25, 0.3) is 0 Å². The maximum atomic E-state index is 13.5. The standard InChI is InChI=1S/C12H15FN2/c13-10-3-1-2-9-6-8-4-5-14-7-11(8)15-12(9)10/h1-3,8,11,14-15H,4-7H2. The fourth-order valence-corrected chi connectivity index (χ4v) is 2.69. The van der Waals surface area contributed by atoms with Gasteiger partial charge in [0.25, 0.3) is 0 Å². The van der Waals surface area contributed by atoms with Crippen molar-refractivity contribution in [2.45, 2.75) is 18.9 Å². The maximum Gasteiger partial charge on any atom is 0.146 e. The van der Waals surface area contributed by atoms with Crippen molar-refractivity contribution in [2.75, 3.05) is 18.4 Å². The Kier molecular flexibility index (Phi) is 2.13. The van der Waals surface area contributed by atoms with Gasteiger partial charge in [0.15, 0.2) is 0 Å². The van der Waals surface area contributed by atoms with Crippen molar-refractivity contribution in [2.24, 2.45) is 5.92 Å². The molecule has 2 N–H and O–H groups in total. The highest BCUT2D eigenvalue weighted by Crippen LogP contribution is 2.32. The summed E-state index contributed by atoms with van der Waals surface area (Å²) >= 11 is 0. The molecule has 0 aromatic heterocycles. The molecule has 0 aliphatic carbocycles. The molecule has 2 atom stereocenters. The van der Waals surface area contributed by atoms with E-state index in [2.05, 4.69) is 10.6 Å². The largest absolute Gasteiger partial charge is 0.378 e. The van der Waals surface area contributed by atoms with Gasteiger partial charge < -0.3 is 10.6 Å². The Morgan fingerprint density at radius 1 is 1.33 bits per heavy atom. The van der Waals surface area contributed by atoms with E-state index in [0.717, 1.165) is 30.8 Å². The lowest BCUT2D eigenvalue weighted by molar-refractivity contribution is 0.329. The maximum absolute atomic E-state index is 13.5. The Morgan fingerprint density at radius 3 is 3.20 bits per heavy atom. The van der Waals surface area contributed by atoms with Gasteiger partial charge in [0.05, 0.1) is 5.69 Å². The van der Waals surface area contributed by atoms with Gasteiger partial charge in [-0.05, 0) is 36.9 Å². The van der Waals surface area contributed by atoms with Crippen molar-refractivity contribution in [1.29, 1.82) is 0 Å². The van der Waals surface area contributed by atoms with E-state index in [4.69, 9.17) is 0 Å². The second-order valence-electron chi connectivity index (χ2n) is 4.48. The van der Waals surface area contributed by atoms with Gasteiger partial charge in [-0.3, -0.25) is 0 Å². The zero-order chi connectivity index (χ0) is 10.3. The van der Waals surface area contributed by atoms with Gasteiger partial charge in [0.1, 0.15) is 5.82 Å². The van der Waals surface area contributed by atoms with E-state index in [1.165, 1.54) is 12.5 Å². The van der Waals surface area contributed by atoms with E-state index in [-0.39, 0.29) is 5.82 Å². The first kappa shape index (κ1) is 9.16. The number of para-hydroxylation sites is 1. The van der Waals surface area contributed by atoms with Gasteiger partial charge in [-0.2, -0.15) is 0 Å². The van der Waals surface area contributed by atoms with Crippen LogP contribution in [0.5, 0.6) is 0 Å². The number of benzene rings is 1. The molecule has 3 rings (SSSR count). The van der Waals surface area contributed by atoms with Crippen molar-refractivity contribution < 1.29 is 4.39 Å². The predicted molar refractivity (Wildman–Crippen MR) is 58.5 cm³/mol. The van der Waals surface area contributed by atoms with Crippen LogP contribution in [0.1, 0.15) is 12.0 Å². The van der Waals surface area contributed by atoms with Gasteiger partial charge in [0, 0.05) is 12.6 Å². The molecule has 1 saturated heterocycles. The molecular weight excluding hydrogens is 191 g/mol. The highest BCUT2D eigenvalue weighted by molar-refractivity contribution is 5.55. The summed E-state index contributed by atoms with van der Waals surface area (Å²) in [5, 5.41) is 6.68. The van der Waals surface area contributed by atoms with E-state index >= 15 is 0 Å². The van der Waals surface area contributed by atoms with Crippen molar-refractivity contribution in [3.8, 4) is 0 Å². The number of hydrogen-bond donors (Lipinski definition) is 2. The fourth-order valence-electron chi connectivity index (χ4n) is 2.69. The predicted octanol–water partition coefficient (Wildman–Crippen LogP) is 1.77. The van der Waals surface area contributed by atoms with E-state index in [1.807, 2.05) is 6.07 Å². The van der Waals surface area contributed by atoms with Gasteiger partial charge in [0.2, 0.25) is 0 Å². The fraction of sp³-hybridized carbons (Fsp3) is 0.500. The van der Waals surface area contributed by atoms with Crippen LogP contribution in [-0.4, -0.2) is 19.1 Å². The molecule has 2 aliphatic rings. The Bertz CT molecular complexity index is 378. The minimum Gasteiger partial charge on any atom is -0.378 e. The van der Waals surface area contributed by atoms with Gasteiger partial charge in [-0.15, -0.1) is 0 Å². The number of anilines is 1. The molecule has 80 valence electrons. The number of halogens is 1. The van der Waals surface area contributed by atoms with Crippen molar-refractivity contribution >= 4 is 5.69 Å². The van der Waals surface area contributed by atoms with Gasteiger partial charge >= 0.3 is 0 Å². The van der Waals surface area contributed by atoms with E-state index in [0.29, 0.717) is 12.0 Å². The van der Waals surface area contributed by atoms with Crippen molar-refractivity contribution in [1.82, 2.24) is 5.32 Å². The molecule has 1 fully saturated rings. The minimum atomic E-state index is -0.114. The topological polar surface area (TPSA) is 24.1 Å². The molecule has 2 aliphatic heterocycles. The molecule has 0 radical (unpaired) electrons. The average molecular weight is 206 g/mol.